The van der Waals surface area contributed by atoms with E-state index >= 15 is 0 Å². The average molecular weight is 472 g/mol. The zero-order valence-corrected chi connectivity index (χ0v) is 20.3. The summed E-state index contributed by atoms with van der Waals surface area (Å²) in [4.78, 5) is 27.2. The average Bonchev–Trinajstić information content (AvgIpc) is 3.69. The Labute approximate surface area is 206 Å². The Morgan fingerprint density at radius 2 is 1.89 bits per heavy atom. The summed E-state index contributed by atoms with van der Waals surface area (Å²) in [6.45, 7) is 0.783. The van der Waals surface area contributed by atoms with Gasteiger partial charge in [0.2, 0.25) is 11.9 Å². The molecular formula is C27H33N7O. The quantitative estimate of drug-likeness (QED) is 0.541. The maximum atomic E-state index is 13.5. The molecular weight excluding hydrogens is 438 g/mol. The van der Waals surface area contributed by atoms with Crippen LogP contribution in [0, 0.1) is 0 Å². The van der Waals surface area contributed by atoms with Crippen LogP contribution in [-0.2, 0) is 17.6 Å². The number of rotatable bonds is 6. The molecule has 1 saturated heterocycles. The highest BCUT2D eigenvalue weighted by Gasteiger charge is 2.36. The molecule has 1 saturated carbocycles. The summed E-state index contributed by atoms with van der Waals surface area (Å²) in [7, 11) is 1.85. The van der Waals surface area contributed by atoms with Crippen LogP contribution in [0.1, 0.15) is 67.8 Å². The number of carbonyl (C=O) groups is 1. The van der Waals surface area contributed by atoms with Gasteiger partial charge in [0, 0.05) is 42.5 Å². The van der Waals surface area contributed by atoms with E-state index in [1.54, 1.807) is 4.90 Å². The highest BCUT2D eigenvalue weighted by Crippen LogP contribution is 2.36. The summed E-state index contributed by atoms with van der Waals surface area (Å²) in [6.07, 6.45) is 9.81. The van der Waals surface area contributed by atoms with Gasteiger partial charge in [-0.05, 0) is 57.1 Å². The van der Waals surface area contributed by atoms with Crippen LogP contribution < -0.4 is 15.1 Å². The molecule has 182 valence electrons. The summed E-state index contributed by atoms with van der Waals surface area (Å²) < 4.78 is 0. The number of nitrogens with one attached hydrogen (secondary N) is 2. The molecule has 6 rings (SSSR count). The Hall–Kier alpha value is -3.42. The predicted octanol–water partition coefficient (Wildman–Crippen LogP) is 4.72. The molecule has 0 bridgehead atoms. The van der Waals surface area contributed by atoms with E-state index in [0.717, 1.165) is 61.7 Å². The fourth-order valence-corrected chi connectivity index (χ4v) is 5.88. The summed E-state index contributed by atoms with van der Waals surface area (Å²) in [5.41, 5.74) is 4.39. The first kappa shape index (κ1) is 22.1. The normalized spacial score (nSPS) is 19.8. The lowest BCUT2D eigenvalue weighted by Crippen LogP contribution is -2.45. The summed E-state index contributed by atoms with van der Waals surface area (Å²) in [5, 5.41) is 11.3. The van der Waals surface area contributed by atoms with E-state index in [1.165, 1.54) is 36.9 Å². The minimum atomic E-state index is -0.258. The molecule has 2 aromatic heterocycles. The number of benzene rings is 1. The van der Waals surface area contributed by atoms with Gasteiger partial charge in [0.25, 0.3) is 0 Å². The molecule has 1 unspecified atom stereocenters. The van der Waals surface area contributed by atoms with Gasteiger partial charge in [0.05, 0.1) is 5.69 Å². The van der Waals surface area contributed by atoms with Crippen LogP contribution in [-0.4, -0.2) is 45.7 Å². The van der Waals surface area contributed by atoms with E-state index in [-0.39, 0.29) is 11.9 Å². The SMILES string of the molecule is CN(C(=O)C1CCCN1c1nc2c(c(Nc3cc(C4CCCC4)[nH]n3)n1)CCC2)c1ccccc1. The number of amides is 1. The predicted molar refractivity (Wildman–Crippen MR) is 137 cm³/mol. The van der Waals surface area contributed by atoms with Crippen molar-refractivity contribution in [3.63, 3.8) is 0 Å². The summed E-state index contributed by atoms with van der Waals surface area (Å²) in [6, 6.07) is 11.7. The Morgan fingerprint density at radius 3 is 2.71 bits per heavy atom. The molecule has 1 aliphatic heterocycles. The third kappa shape index (κ3) is 4.26. The van der Waals surface area contributed by atoms with Crippen LogP contribution in [0.25, 0.3) is 0 Å². The highest BCUT2D eigenvalue weighted by molar-refractivity contribution is 5.98. The molecule has 2 N–H and O–H groups in total. The van der Waals surface area contributed by atoms with Crippen LogP contribution in [0.3, 0.4) is 0 Å². The molecule has 3 aromatic rings. The Bertz CT molecular complexity index is 1200. The molecule has 2 fully saturated rings. The van der Waals surface area contributed by atoms with Gasteiger partial charge in [-0.2, -0.15) is 10.1 Å². The van der Waals surface area contributed by atoms with Gasteiger partial charge in [-0.25, -0.2) is 4.98 Å². The van der Waals surface area contributed by atoms with Crippen LogP contribution in [0.5, 0.6) is 0 Å². The van der Waals surface area contributed by atoms with Gasteiger partial charge in [-0.1, -0.05) is 31.0 Å². The largest absolute Gasteiger partial charge is 0.329 e. The lowest BCUT2D eigenvalue weighted by Gasteiger charge is -2.28. The van der Waals surface area contributed by atoms with Gasteiger partial charge < -0.3 is 15.1 Å². The van der Waals surface area contributed by atoms with E-state index in [4.69, 9.17) is 9.97 Å². The fraction of sp³-hybridized carbons (Fsp3) is 0.481. The number of aromatic amines is 1. The van der Waals surface area contributed by atoms with Gasteiger partial charge in [0.1, 0.15) is 11.9 Å². The minimum absolute atomic E-state index is 0.0841. The second kappa shape index (κ2) is 9.32. The van der Waals surface area contributed by atoms with Gasteiger partial charge in [-0.3, -0.25) is 9.89 Å². The molecule has 3 aliphatic rings. The van der Waals surface area contributed by atoms with Crippen LogP contribution in [0.2, 0.25) is 0 Å². The number of H-pyrrole nitrogens is 1. The number of aromatic nitrogens is 4. The number of nitrogens with zero attached hydrogens (tertiary/aromatic N) is 5. The van der Waals surface area contributed by atoms with Crippen LogP contribution in [0.4, 0.5) is 23.3 Å². The summed E-state index contributed by atoms with van der Waals surface area (Å²) >= 11 is 0. The number of aryl methyl sites for hydroxylation is 1. The van der Waals surface area contributed by atoms with Crippen molar-refractivity contribution in [2.75, 3.05) is 28.7 Å². The third-order valence-corrected chi connectivity index (χ3v) is 7.83. The van der Waals surface area contributed by atoms with Gasteiger partial charge in [0.15, 0.2) is 5.82 Å². The molecule has 35 heavy (non-hydrogen) atoms. The lowest BCUT2D eigenvalue weighted by atomic mass is 10.0. The molecule has 1 atom stereocenters. The Morgan fingerprint density at radius 1 is 1.06 bits per heavy atom. The van der Waals surface area contributed by atoms with Crippen molar-refractivity contribution in [3.8, 4) is 0 Å². The topological polar surface area (TPSA) is 90.0 Å². The second-order valence-corrected chi connectivity index (χ2v) is 10.1. The molecule has 3 heterocycles. The highest BCUT2D eigenvalue weighted by atomic mass is 16.2. The Balaban J connectivity index is 1.26. The minimum Gasteiger partial charge on any atom is -0.329 e. The van der Waals surface area contributed by atoms with Gasteiger partial charge in [-0.15, -0.1) is 0 Å². The zero-order valence-electron chi connectivity index (χ0n) is 20.3. The van der Waals surface area contributed by atoms with Gasteiger partial charge >= 0.3 is 0 Å². The lowest BCUT2D eigenvalue weighted by molar-refractivity contribution is -0.119. The van der Waals surface area contributed by atoms with Crippen molar-refractivity contribution < 1.29 is 4.79 Å². The number of carbonyl (C=O) groups excluding carboxylic acids is 1. The Kier molecular flexibility index (Phi) is 5.88. The number of hydrogen-bond donors (Lipinski definition) is 2. The maximum Gasteiger partial charge on any atom is 0.249 e. The van der Waals surface area contributed by atoms with Crippen molar-refractivity contribution in [2.24, 2.45) is 0 Å². The standard InChI is InChI=1S/C27H33N7O/c1-33(19-11-3-2-4-12-19)26(35)23-15-8-16-34(23)27-28-21-14-7-13-20(21)25(30-27)29-24-17-22(31-32-24)18-9-5-6-10-18/h2-4,11-12,17-18,23H,5-10,13-16H2,1H3,(H2,28,29,30,31,32). The first-order chi connectivity index (χ1) is 17.2. The van der Waals surface area contributed by atoms with Crippen molar-refractivity contribution in [1.82, 2.24) is 20.2 Å². The van der Waals surface area contributed by atoms with E-state index in [9.17, 15) is 4.79 Å². The molecule has 0 spiro atoms. The van der Waals surface area contributed by atoms with Crippen molar-refractivity contribution in [2.45, 2.75) is 69.7 Å². The summed E-state index contributed by atoms with van der Waals surface area (Å²) in [5.74, 6) is 2.96. The molecule has 0 radical (unpaired) electrons. The molecule has 2 aliphatic carbocycles. The number of para-hydroxylation sites is 1. The second-order valence-electron chi connectivity index (χ2n) is 10.1. The van der Waals surface area contributed by atoms with E-state index < -0.39 is 0 Å². The molecule has 8 heteroatoms. The van der Waals surface area contributed by atoms with Crippen LogP contribution >= 0.6 is 0 Å². The smallest absolute Gasteiger partial charge is 0.249 e. The maximum absolute atomic E-state index is 13.5. The monoisotopic (exact) mass is 471 g/mol. The van der Waals surface area contributed by atoms with Crippen molar-refractivity contribution >= 4 is 29.2 Å². The van der Waals surface area contributed by atoms with Crippen molar-refractivity contribution in [1.29, 1.82) is 0 Å². The number of fused-ring (bicyclic) bond motifs is 1. The van der Waals surface area contributed by atoms with E-state index in [0.29, 0.717) is 11.9 Å². The third-order valence-electron chi connectivity index (χ3n) is 7.83. The number of hydrogen-bond acceptors (Lipinski definition) is 6. The molecule has 8 nitrogen and oxygen atoms in total. The molecule has 1 aromatic carbocycles. The van der Waals surface area contributed by atoms with E-state index in [1.807, 2.05) is 37.4 Å². The van der Waals surface area contributed by atoms with E-state index in [2.05, 4.69) is 26.5 Å². The van der Waals surface area contributed by atoms with Crippen LogP contribution in [0.15, 0.2) is 36.4 Å². The fourth-order valence-electron chi connectivity index (χ4n) is 5.88. The number of anilines is 4. The zero-order chi connectivity index (χ0) is 23.8. The first-order valence-electron chi connectivity index (χ1n) is 13.0. The molecule has 1 amide bonds. The first-order valence-corrected chi connectivity index (χ1v) is 13.0. The van der Waals surface area contributed by atoms with Crippen molar-refractivity contribution in [3.05, 3.63) is 53.3 Å². The number of likely N-dealkylation sites (N-methyl/N-ethyl adjacent to an activating group) is 1.